The second-order valence-electron chi connectivity index (χ2n) is 9.66. The number of para-hydroxylation sites is 1. The fraction of sp³-hybridized carbons (Fsp3) is 0.560. The van der Waals surface area contributed by atoms with Crippen LogP contribution in [-0.2, 0) is 19.4 Å². The fourth-order valence-corrected chi connectivity index (χ4v) is 5.55. The summed E-state index contributed by atoms with van der Waals surface area (Å²) in [6, 6.07) is 5.32. The van der Waals surface area contributed by atoms with Crippen molar-refractivity contribution in [3.05, 3.63) is 40.0 Å². The lowest BCUT2D eigenvalue weighted by Gasteiger charge is -2.33. The molecule has 34 heavy (non-hydrogen) atoms. The normalized spacial score (nSPS) is 19.9. The Labute approximate surface area is 207 Å². The number of fused-ring (bicyclic) bond motifs is 1. The highest BCUT2D eigenvalue weighted by atomic mass is 35.5. The molecule has 2 amide bonds. The second-order valence-corrected chi connectivity index (χ2v) is 10.1. The van der Waals surface area contributed by atoms with Crippen molar-refractivity contribution in [3.8, 4) is 0 Å². The van der Waals surface area contributed by atoms with E-state index in [0.29, 0.717) is 35.8 Å². The summed E-state index contributed by atoms with van der Waals surface area (Å²) in [5, 5.41) is 4.09. The summed E-state index contributed by atoms with van der Waals surface area (Å²) in [6.45, 7) is 0.838. The van der Waals surface area contributed by atoms with E-state index in [9.17, 15) is 4.79 Å². The maximum Gasteiger partial charge on any atom is 0.319 e. The molecule has 9 heteroatoms. The molecule has 1 heterocycles. The van der Waals surface area contributed by atoms with Crippen LogP contribution in [-0.4, -0.2) is 42.7 Å². The van der Waals surface area contributed by atoms with Gasteiger partial charge in [-0.2, -0.15) is 4.98 Å². The summed E-state index contributed by atoms with van der Waals surface area (Å²) in [5.74, 6) is 2.11. The first-order valence-corrected chi connectivity index (χ1v) is 12.6. The highest BCUT2D eigenvalue weighted by Gasteiger charge is 2.28. The van der Waals surface area contributed by atoms with Crippen molar-refractivity contribution in [3.63, 3.8) is 0 Å². The predicted molar refractivity (Wildman–Crippen MR) is 139 cm³/mol. The van der Waals surface area contributed by atoms with Gasteiger partial charge in [-0.15, -0.1) is 0 Å². The Balaban J connectivity index is 1.41. The Kier molecular flexibility index (Phi) is 7.78. The van der Waals surface area contributed by atoms with Crippen LogP contribution in [0, 0.1) is 5.92 Å². The number of hydrogen-bond acceptors (Lipinski definition) is 6. The van der Waals surface area contributed by atoms with Gasteiger partial charge in [0.1, 0.15) is 5.82 Å². The quantitative estimate of drug-likeness (QED) is 0.544. The van der Waals surface area contributed by atoms with E-state index in [1.807, 2.05) is 26.2 Å². The minimum absolute atomic E-state index is 0.298. The molecule has 184 valence electrons. The molecule has 2 aliphatic carbocycles. The van der Waals surface area contributed by atoms with Gasteiger partial charge in [-0.3, -0.25) is 4.90 Å². The van der Waals surface area contributed by atoms with Crippen molar-refractivity contribution in [1.82, 2.24) is 9.97 Å². The number of aromatic nitrogens is 2. The first-order valence-electron chi connectivity index (χ1n) is 12.3. The molecule has 1 fully saturated rings. The molecule has 1 aromatic heterocycles. The van der Waals surface area contributed by atoms with E-state index in [-0.39, 0.29) is 0 Å². The summed E-state index contributed by atoms with van der Waals surface area (Å²) < 4.78 is 0. The van der Waals surface area contributed by atoms with Gasteiger partial charge in [0.2, 0.25) is 5.95 Å². The SMILES string of the molecule is CN(C)c1nc(NC2CCC(CN(C(N)=O)c3c(Cl)cccc3CN)CC2)nc2c1CCCC2. The van der Waals surface area contributed by atoms with E-state index in [2.05, 4.69) is 10.2 Å². The lowest BCUT2D eigenvalue weighted by Crippen LogP contribution is -2.41. The van der Waals surface area contributed by atoms with E-state index >= 15 is 0 Å². The zero-order chi connectivity index (χ0) is 24.2. The molecule has 0 unspecified atom stereocenters. The van der Waals surface area contributed by atoms with E-state index in [0.717, 1.165) is 55.9 Å². The van der Waals surface area contributed by atoms with Gasteiger partial charge in [-0.1, -0.05) is 23.7 Å². The summed E-state index contributed by atoms with van der Waals surface area (Å²) >= 11 is 6.43. The van der Waals surface area contributed by atoms with Crippen molar-refractivity contribution in [2.24, 2.45) is 17.4 Å². The Morgan fingerprint density at radius 2 is 1.88 bits per heavy atom. The van der Waals surface area contributed by atoms with Crippen LogP contribution in [0.2, 0.25) is 5.02 Å². The van der Waals surface area contributed by atoms with E-state index in [1.165, 1.54) is 24.1 Å². The average molecular weight is 486 g/mol. The molecule has 1 saturated carbocycles. The first-order chi connectivity index (χ1) is 16.4. The standard InChI is InChI=1S/C25H36ClN7O/c1-32(2)23-19-7-3-4-9-21(19)30-25(31-23)29-18-12-10-16(11-13-18)15-33(24(28)34)22-17(14-27)6-5-8-20(22)26/h5-6,8,16,18H,3-4,7,9-15,27H2,1-2H3,(H2,28,34)(H,29,30,31). The number of urea groups is 1. The molecular weight excluding hydrogens is 450 g/mol. The van der Waals surface area contributed by atoms with E-state index in [4.69, 9.17) is 33.0 Å². The zero-order valence-corrected chi connectivity index (χ0v) is 20.9. The lowest BCUT2D eigenvalue weighted by molar-refractivity contribution is 0.250. The molecule has 0 radical (unpaired) electrons. The summed E-state index contributed by atoms with van der Waals surface area (Å²) in [6.07, 6.45) is 8.41. The number of nitrogens with two attached hydrogens (primary N) is 2. The number of halogens is 1. The van der Waals surface area contributed by atoms with Crippen LogP contribution in [0.3, 0.4) is 0 Å². The number of primary amides is 1. The number of rotatable bonds is 7. The number of amides is 2. The third-order valence-electron chi connectivity index (χ3n) is 7.03. The van der Waals surface area contributed by atoms with Gasteiger partial charge in [0.15, 0.2) is 0 Å². The molecule has 5 N–H and O–H groups in total. The largest absolute Gasteiger partial charge is 0.362 e. The van der Waals surface area contributed by atoms with Crippen molar-refractivity contribution >= 4 is 35.1 Å². The van der Waals surface area contributed by atoms with Gasteiger partial charge in [0.05, 0.1) is 16.4 Å². The van der Waals surface area contributed by atoms with Gasteiger partial charge >= 0.3 is 6.03 Å². The molecule has 0 aliphatic heterocycles. The van der Waals surface area contributed by atoms with Crippen molar-refractivity contribution in [1.29, 1.82) is 0 Å². The molecule has 1 aromatic carbocycles. The molecule has 8 nitrogen and oxygen atoms in total. The average Bonchev–Trinajstić information content (AvgIpc) is 2.83. The van der Waals surface area contributed by atoms with Crippen LogP contribution >= 0.6 is 11.6 Å². The Hall–Kier alpha value is -2.58. The Bertz CT molecular complexity index is 1020. The first kappa shape index (κ1) is 24.5. The number of anilines is 3. The second kappa shape index (κ2) is 10.8. The molecular formula is C25H36ClN7O. The third kappa shape index (κ3) is 5.39. The van der Waals surface area contributed by atoms with Crippen molar-refractivity contribution < 1.29 is 4.79 Å². The maximum atomic E-state index is 12.3. The molecule has 0 saturated heterocycles. The van der Waals surface area contributed by atoms with Gasteiger partial charge in [0, 0.05) is 38.8 Å². The van der Waals surface area contributed by atoms with Crippen LogP contribution in [0.1, 0.15) is 55.3 Å². The van der Waals surface area contributed by atoms with Crippen LogP contribution in [0.4, 0.5) is 22.2 Å². The number of carbonyl (C=O) groups excluding carboxylic acids is 1. The van der Waals surface area contributed by atoms with Crippen molar-refractivity contribution in [2.75, 3.05) is 35.8 Å². The minimum atomic E-state index is -0.498. The van der Waals surface area contributed by atoms with Gasteiger partial charge in [0.25, 0.3) is 0 Å². The highest BCUT2D eigenvalue weighted by molar-refractivity contribution is 6.34. The Morgan fingerprint density at radius 1 is 1.15 bits per heavy atom. The van der Waals surface area contributed by atoms with Gasteiger partial charge < -0.3 is 21.7 Å². The molecule has 0 atom stereocenters. The molecule has 0 spiro atoms. The highest BCUT2D eigenvalue weighted by Crippen LogP contribution is 2.34. The molecule has 2 aromatic rings. The minimum Gasteiger partial charge on any atom is -0.362 e. The number of carbonyl (C=O) groups is 1. The lowest BCUT2D eigenvalue weighted by atomic mass is 9.85. The molecule has 4 rings (SSSR count). The van der Waals surface area contributed by atoms with Crippen LogP contribution in [0.5, 0.6) is 0 Å². The van der Waals surface area contributed by atoms with Crippen molar-refractivity contribution in [2.45, 2.75) is 64.0 Å². The molecule has 2 aliphatic rings. The smallest absolute Gasteiger partial charge is 0.319 e. The zero-order valence-electron chi connectivity index (χ0n) is 20.2. The Morgan fingerprint density at radius 3 is 2.56 bits per heavy atom. The number of benzene rings is 1. The van der Waals surface area contributed by atoms with Gasteiger partial charge in [-0.05, 0) is 68.9 Å². The predicted octanol–water partition coefficient (Wildman–Crippen LogP) is 4.09. The van der Waals surface area contributed by atoms with E-state index in [1.54, 1.807) is 11.0 Å². The topological polar surface area (TPSA) is 113 Å². The number of hydrogen-bond donors (Lipinski definition) is 3. The monoisotopic (exact) mass is 485 g/mol. The third-order valence-corrected chi connectivity index (χ3v) is 7.34. The summed E-state index contributed by atoms with van der Waals surface area (Å²) in [5.41, 5.74) is 15.6. The van der Waals surface area contributed by atoms with Crippen LogP contribution in [0.25, 0.3) is 0 Å². The molecule has 0 bridgehead atoms. The fourth-order valence-electron chi connectivity index (χ4n) is 5.26. The van der Waals surface area contributed by atoms with E-state index < -0.39 is 6.03 Å². The summed E-state index contributed by atoms with van der Waals surface area (Å²) in [4.78, 5) is 25.7. The summed E-state index contributed by atoms with van der Waals surface area (Å²) in [7, 11) is 4.09. The number of nitrogens with zero attached hydrogens (tertiary/aromatic N) is 4. The van der Waals surface area contributed by atoms with Crippen LogP contribution in [0.15, 0.2) is 18.2 Å². The number of aryl methyl sites for hydroxylation is 1. The van der Waals surface area contributed by atoms with Crippen LogP contribution < -0.4 is 26.6 Å². The maximum absolute atomic E-state index is 12.3. The van der Waals surface area contributed by atoms with Gasteiger partial charge in [-0.25, -0.2) is 9.78 Å². The number of nitrogens with one attached hydrogen (secondary N) is 1.